The Morgan fingerprint density at radius 2 is 2.08 bits per heavy atom. The molecule has 1 amide bonds. The molecule has 0 bridgehead atoms. The molecule has 1 atom stereocenters. The molecule has 1 aromatic rings. The lowest BCUT2D eigenvalue weighted by Gasteiger charge is -2.44. The first-order valence-corrected chi connectivity index (χ1v) is 7.26. The van der Waals surface area contributed by atoms with Crippen molar-refractivity contribution in [2.75, 3.05) is 19.8 Å². The van der Waals surface area contributed by atoms with Crippen molar-refractivity contribution in [1.82, 2.24) is 0 Å². The van der Waals surface area contributed by atoms with Gasteiger partial charge in [-0.15, -0.1) is 0 Å². The van der Waals surface area contributed by atoms with E-state index in [2.05, 4.69) is 5.16 Å². The zero-order valence-corrected chi connectivity index (χ0v) is 13.3. The molecule has 1 fully saturated rings. The lowest BCUT2D eigenvalue weighted by Crippen LogP contribution is -2.49. The summed E-state index contributed by atoms with van der Waals surface area (Å²) in [5.41, 5.74) is 10.4. The van der Waals surface area contributed by atoms with E-state index in [-0.39, 0.29) is 35.9 Å². The van der Waals surface area contributed by atoms with Gasteiger partial charge in [0.15, 0.2) is 6.61 Å². The fourth-order valence-corrected chi connectivity index (χ4v) is 2.84. The van der Waals surface area contributed by atoms with Gasteiger partial charge in [0.2, 0.25) is 5.91 Å². The second kappa shape index (κ2) is 6.79. The molecule has 25 heavy (non-hydrogen) atoms. The van der Waals surface area contributed by atoms with E-state index in [1.165, 1.54) is 18.2 Å². The summed E-state index contributed by atoms with van der Waals surface area (Å²) in [4.78, 5) is 11.8. The average molecular weight is 361 g/mol. The molecule has 2 rings (SSSR count). The quantitative estimate of drug-likeness (QED) is 0.308. The predicted octanol–water partition coefficient (Wildman–Crippen LogP) is 1.59. The number of alkyl halides is 3. The maximum absolute atomic E-state index is 12.5. The van der Waals surface area contributed by atoms with Gasteiger partial charge >= 0.3 is 6.18 Å². The van der Waals surface area contributed by atoms with Crippen LogP contribution in [0, 0.1) is 5.41 Å². The van der Waals surface area contributed by atoms with Crippen LogP contribution in [0.25, 0.3) is 0 Å². The van der Waals surface area contributed by atoms with Crippen LogP contribution in [-0.4, -0.2) is 42.9 Å². The molecule has 10 heteroatoms. The van der Waals surface area contributed by atoms with Crippen molar-refractivity contribution in [2.45, 2.75) is 19.0 Å². The van der Waals surface area contributed by atoms with E-state index in [0.29, 0.717) is 0 Å². The molecule has 138 valence electrons. The Morgan fingerprint density at radius 3 is 2.52 bits per heavy atom. The zero-order chi connectivity index (χ0) is 18.8. The highest BCUT2D eigenvalue weighted by Crippen LogP contribution is 2.46. The van der Waals surface area contributed by atoms with Gasteiger partial charge in [-0.3, -0.25) is 4.79 Å². The van der Waals surface area contributed by atoms with Gasteiger partial charge in [0, 0.05) is 16.5 Å². The summed E-state index contributed by atoms with van der Waals surface area (Å²) in [7, 11) is 0. The number of primary amides is 1. The summed E-state index contributed by atoms with van der Waals surface area (Å²) < 4.78 is 47.7. The Morgan fingerprint density at radius 1 is 1.44 bits per heavy atom. The number of carbonyl (C=O) groups excluding carboxylic acids is 1. The molecule has 1 aliphatic rings. The predicted molar refractivity (Wildman–Crippen MR) is 81.6 cm³/mol. The monoisotopic (exact) mass is 361 g/mol. The highest BCUT2D eigenvalue weighted by molar-refractivity contribution is 5.99. The number of amides is 1. The fraction of sp³-hybridized carbons (Fsp3) is 0.467. The first kappa shape index (κ1) is 18.8. The topological polar surface area (TPSA) is 120 Å². The number of nitrogens with two attached hydrogens (primary N) is 2. The van der Waals surface area contributed by atoms with Crippen molar-refractivity contribution in [3.63, 3.8) is 0 Å². The Balaban J connectivity index is 2.59. The van der Waals surface area contributed by atoms with E-state index < -0.39 is 30.0 Å². The van der Waals surface area contributed by atoms with Crippen LogP contribution >= 0.6 is 0 Å². The number of hydrogen-bond acceptors (Lipinski definition) is 5. The van der Waals surface area contributed by atoms with Crippen LogP contribution in [0.4, 0.5) is 13.2 Å². The SMILES string of the molecule is CC1(C(/C(N)=N/O)c2c(OCC(F)(F)F)cccc2C(N)=O)COC1. The van der Waals surface area contributed by atoms with E-state index in [4.69, 9.17) is 26.1 Å². The fourth-order valence-electron chi connectivity index (χ4n) is 2.84. The summed E-state index contributed by atoms with van der Waals surface area (Å²) in [6, 6.07) is 3.96. The molecule has 1 unspecified atom stereocenters. The molecule has 0 saturated carbocycles. The number of oxime groups is 1. The van der Waals surface area contributed by atoms with E-state index in [9.17, 15) is 18.0 Å². The van der Waals surface area contributed by atoms with Crippen LogP contribution in [0.15, 0.2) is 23.4 Å². The van der Waals surface area contributed by atoms with Gasteiger partial charge in [-0.1, -0.05) is 18.1 Å². The summed E-state index contributed by atoms with van der Waals surface area (Å²) in [6.07, 6.45) is -4.57. The number of carbonyl (C=O) groups is 1. The smallest absolute Gasteiger partial charge is 0.422 e. The minimum atomic E-state index is -4.57. The van der Waals surface area contributed by atoms with Gasteiger partial charge in [-0.05, 0) is 12.1 Å². The summed E-state index contributed by atoms with van der Waals surface area (Å²) in [6.45, 7) is 0.599. The molecule has 1 saturated heterocycles. The number of benzene rings is 1. The summed E-state index contributed by atoms with van der Waals surface area (Å²) >= 11 is 0. The number of halogens is 3. The number of rotatable bonds is 6. The number of nitrogens with zero attached hydrogens (tertiary/aromatic N) is 1. The maximum atomic E-state index is 12.5. The Kier molecular flexibility index (Phi) is 5.12. The van der Waals surface area contributed by atoms with Crippen LogP contribution in [-0.2, 0) is 4.74 Å². The molecule has 0 spiro atoms. The van der Waals surface area contributed by atoms with Gasteiger partial charge in [0.05, 0.1) is 19.1 Å². The van der Waals surface area contributed by atoms with Gasteiger partial charge in [0.1, 0.15) is 11.6 Å². The second-order valence-electron chi connectivity index (χ2n) is 6.09. The third-order valence-corrected chi connectivity index (χ3v) is 3.98. The Hall–Kier alpha value is -2.49. The van der Waals surface area contributed by atoms with E-state index >= 15 is 0 Å². The minimum Gasteiger partial charge on any atom is -0.484 e. The van der Waals surface area contributed by atoms with Crippen molar-refractivity contribution in [3.8, 4) is 5.75 Å². The zero-order valence-electron chi connectivity index (χ0n) is 13.3. The molecule has 0 aliphatic carbocycles. The summed E-state index contributed by atoms with van der Waals surface area (Å²) in [5.74, 6) is -2.28. The lowest BCUT2D eigenvalue weighted by atomic mass is 9.70. The van der Waals surface area contributed by atoms with Crippen molar-refractivity contribution < 1.29 is 32.6 Å². The maximum Gasteiger partial charge on any atom is 0.422 e. The average Bonchev–Trinajstić information content (AvgIpc) is 2.50. The Bertz CT molecular complexity index is 687. The number of amidine groups is 1. The van der Waals surface area contributed by atoms with E-state index in [1.807, 2.05) is 0 Å². The van der Waals surface area contributed by atoms with E-state index in [0.717, 1.165) is 0 Å². The minimum absolute atomic E-state index is 0.0420. The number of ether oxygens (including phenoxy) is 2. The Labute approximate surface area is 141 Å². The van der Waals surface area contributed by atoms with Crippen LogP contribution in [0.3, 0.4) is 0 Å². The number of hydrogen-bond donors (Lipinski definition) is 3. The van der Waals surface area contributed by atoms with Crippen molar-refractivity contribution in [2.24, 2.45) is 22.0 Å². The van der Waals surface area contributed by atoms with Crippen molar-refractivity contribution in [3.05, 3.63) is 29.3 Å². The standard InChI is InChI=1S/C15H18F3N3O4/c1-14(5-24-6-14)11(12(19)21-23)10-8(13(20)22)3-2-4-9(10)25-7-15(16,17)18/h2-4,11,23H,5-7H2,1H3,(H2,19,21)(H2,20,22). The molecule has 1 heterocycles. The molecular weight excluding hydrogens is 343 g/mol. The van der Waals surface area contributed by atoms with Crippen LogP contribution in [0.1, 0.15) is 28.8 Å². The third kappa shape index (κ3) is 3.95. The molecule has 1 aliphatic heterocycles. The summed E-state index contributed by atoms with van der Waals surface area (Å²) in [5, 5.41) is 12.1. The molecule has 0 aromatic heterocycles. The van der Waals surface area contributed by atoms with Crippen LogP contribution in [0.2, 0.25) is 0 Å². The lowest BCUT2D eigenvalue weighted by molar-refractivity contribution is -0.153. The largest absolute Gasteiger partial charge is 0.484 e. The molecule has 1 aromatic carbocycles. The van der Waals surface area contributed by atoms with Gasteiger partial charge in [-0.25, -0.2) is 0 Å². The van der Waals surface area contributed by atoms with Gasteiger partial charge in [0.25, 0.3) is 0 Å². The molecule has 5 N–H and O–H groups in total. The first-order chi connectivity index (χ1) is 11.6. The normalized spacial score (nSPS) is 18.3. The molecule has 7 nitrogen and oxygen atoms in total. The van der Waals surface area contributed by atoms with Crippen LogP contribution < -0.4 is 16.2 Å². The third-order valence-electron chi connectivity index (χ3n) is 3.98. The highest BCUT2D eigenvalue weighted by Gasteiger charge is 2.47. The second-order valence-corrected chi connectivity index (χ2v) is 6.09. The van der Waals surface area contributed by atoms with Crippen LogP contribution in [0.5, 0.6) is 5.75 Å². The van der Waals surface area contributed by atoms with Gasteiger partial charge in [-0.2, -0.15) is 13.2 Å². The van der Waals surface area contributed by atoms with Gasteiger partial charge < -0.3 is 26.1 Å². The molecular formula is C15H18F3N3O4. The highest BCUT2D eigenvalue weighted by atomic mass is 19.4. The van der Waals surface area contributed by atoms with Crippen molar-refractivity contribution >= 4 is 11.7 Å². The first-order valence-electron chi connectivity index (χ1n) is 7.26. The molecule has 0 radical (unpaired) electrons. The van der Waals surface area contributed by atoms with E-state index in [1.54, 1.807) is 6.92 Å². The van der Waals surface area contributed by atoms with Crippen molar-refractivity contribution in [1.29, 1.82) is 0 Å².